The van der Waals surface area contributed by atoms with E-state index in [1.807, 2.05) is 0 Å². The summed E-state index contributed by atoms with van der Waals surface area (Å²) in [7, 11) is 0. The van der Waals surface area contributed by atoms with Gasteiger partial charge in [-0.15, -0.1) is 0 Å². The third-order valence-electron chi connectivity index (χ3n) is 16.6. The molecule has 0 saturated heterocycles. The molecule has 0 N–H and O–H groups in total. The Morgan fingerprint density at radius 3 is 1.73 bits per heavy atom. The summed E-state index contributed by atoms with van der Waals surface area (Å²) in [6.07, 6.45) is 12.2. The molecular weight excluding hydrogens is 663 g/mol. The second-order valence-electron chi connectivity index (χ2n) is 19.2. The molecule has 8 aliphatic carbocycles. The van der Waals surface area contributed by atoms with Gasteiger partial charge in [0.25, 0.3) is 0 Å². The lowest BCUT2D eigenvalue weighted by atomic mass is 9.43. The highest BCUT2D eigenvalue weighted by molar-refractivity contribution is 5.94. The average Bonchev–Trinajstić information content (AvgIpc) is 3.95. The van der Waals surface area contributed by atoms with Gasteiger partial charge < -0.3 is 4.90 Å². The van der Waals surface area contributed by atoms with Gasteiger partial charge in [-0.25, -0.2) is 0 Å². The summed E-state index contributed by atoms with van der Waals surface area (Å²) >= 11 is 0. The quantitative estimate of drug-likeness (QED) is 0.177. The Morgan fingerprint density at radius 2 is 1.00 bits per heavy atom. The summed E-state index contributed by atoms with van der Waals surface area (Å²) in [5.74, 6) is 3.23. The fourth-order valence-corrected chi connectivity index (χ4v) is 14.7. The smallest absolute Gasteiger partial charge is 0.0509 e. The Morgan fingerprint density at radius 1 is 0.455 bits per heavy atom. The van der Waals surface area contributed by atoms with Gasteiger partial charge in [-0.2, -0.15) is 0 Å². The van der Waals surface area contributed by atoms with Crippen molar-refractivity contribution in [1.29, 1.82) is 0 Å². The molecule has 270 valence electrons. The number of nitrogens with zero attached hydrogens (tertiary/aromatic N) is 1. The van der Waals surface area contributed by atoms with Crippen LogP contribution in [0.3, 0.4) is 0 Å². The highest BCUT2D eigenvalue weighted by Gasteiger charge is 2.62. The van der Waals surface area contributed by atoms with Crippen molar-refractivity contribution in [3.63, 3.8) is 0 Å². The molecule has 6 aromatic rings. The van der Waals surface area contributed by atoms with Gasteiger partial charge in [0.1, 0.15) is 0 Å². The monoisotopic (exact) mass is 711 g/mol. The highest BCUT2D eigenvalue weighted by atomic mass is 15.1. The lowest BCUT2D eigenvalue weighted by Gasteiger charge is -2.61. The number of hydrogen-bond acceptors (Lipinski definition) is 1. The second kappa shape index (κ2) is 10.7. The van der Waals surface area contributed by atoms with Crippen LogP contribution < -0.4 is 4.90 Å². The van der Waals surface area contributed by atoms with E-state index < -0.39 is 0 Å². The van der Waals surface area contributed by atoms with E-state index >= 15 is 0 Å². The van der Waals surface area contributed by atoms with Crippen LogP contribution in [0.25, 0.3) is 33.4 Å². The lowest BCUT2D eigenvalue weighted by Crippen LogP contribution is -2.55. The molecule has 14 rings (SSSR count). The van der Waals surface area contributed by atoms with E-state index in [-0.39, 0.29) is 16.2 Å². The Labute approximate surface area is 326 Å². The van der Waals surface area contributed by atoms with Gasteiger partial charge in [0.2, 0.25) is 0 Å². The van der Waals surface area contributed by atoms with Crippen LogP contribution in [0.5, 0.6) is 0 Å². The van der Waals surface area contributed by atoms with E-state index in [1.165, 1.54) is 119 Å². The first-order valence-corrected chi connectivity index (χ1v) is 21.5. The van der Waals surface area contributed by atoms with E-state index in [2.05, 4.69) is 146 Å². The molecule has 5 saturated carbocycles. The van der Waals surface area contributed by atoms with Crippen LogP contribution in [0.2, 0.25) is 0 Å². The molecule has 5 fully saturated rings. The Balaban J connectivity index is 1.08. The number of anilines is 3. The minimum absolute atomic E-state index is 0.0671. The van der Waals surface area contributed by atoms with Gasteiger partial charge in [0, 0.05) is 27.6 Å². The van der Waals surface area contributed by atoms with Gasteiger partial charge >= 0.3 is 0 Å². The lowest BCUT2D eigenvalue weighted by molar-refractivity contribution is -0.0397. The molecule has 0 amide bonds. The third kappa shape index (κ3) is 3.81. The minimum Gasteiger partial charge on any atom is -0.310 e. The van der Waals surface area contributed by atoms with E-state index in [9.17, 15) is 0 Å². The largest absolute Gasteiger partial charge is 0.310 e. The van der Waals surface area contributed by atoms with Crippen LogP contribution >= 0.6 is 0 Å². The Bertz CT molecular complexity index is 2590. The minimum atomic E-state index is -0.0726. The average molecular weight is 712 g/mol. The van der Waals surface area contributed by atoms with Crippen molar-refractivity contribution in [2.24, 2.45) is 23.7 Å². The van der Waals surface area contributed by atoms with Crippen LogP contribution in [0, 0.1) is 23.7 Å². The maximum absolute atomic E-state index is 2.72. The summed E-state index contributed by atoms with van der Waals surface area (Å²) < 4.78 is 0. The van der Waals surface area contributed by atoms with Gasteiger partial charge in [-0.05, 0) is 166 Å². The zero-order chi connectivity index (χ0) is 36.3. The van der Waals surface area contributed by atoms with Gasteiger partial charge in [-0.3, -0.25) is 0 Å². The molecule has 4 bridgehead atoms. The molecule has 2 spiro atoms. The Kier molecular flexibility index (Phi) is 6.09. The predicted molar refractivity (Wildman–Crippen MR) is 227 cm³/mol. The van der Waals surface area contributed by atoms with Crippen LogP contribution in [0.4, 0.5) is 17.1 Å². The number of fused-ring (bicyclic) bond motifs is 11. The highest BCUT2D eigenvalue weighted by Crippen LogP contribution is 2.71. The van der Waals surface area contributed by atoms with Crippen molar-refractivity contribution >= 4 is 17.1 Å². The van der Waals surface area contributed by atoms with Crippen molar-refractivity contribution in [2.75, 3.05) is 4.90 Å². The SMILES string of the molecule is CC1(C)c2ccccc2-c2ccc(N(c3ccc4c(c3)-c3ccccc3C43CCCC3)c3cccc4c3C3(c5ccccc5-4)C4CC5CC(C4)CC3C5)cc21. The molecule has 0 unspecified atom stereocenters. The third-order valence-corrected chi connectivity index (χ3v) is 16.6. The fraction of sp³-hybridized carbons (Fsp3) is 0.333. The molecule has 0 radical (unpaired) electrons. The first-order chi connectivity index (χ1) is 27.0. The zero-order valence-corrected chi connectivity index (χ0v) is 32.2. The molecule has 55 heavy (non-hydrogen) atoms. The normalized spacial score (nSPS) is 27.2. The molecule has 1 heteroatoms. The van der Waals surface area contributed by atoms with E-state index in [4.69, 9.17) is 0 Å². The fourth-order valence-electron chi connectivity index (χ4n) is 14.7. The maximum atomic E-state index is 2.72. The number of benzene rings is 6. The topological polar surface area (TPSA) is 3.24 Å². The summed E-state index contributed by atoms with van der Waals surface area (Å²) in [6.45, 7) is 4.86. The first-order valence-electron chi connectivity index (χ1n) is 21.5. The van der Waals surface area contributed by atoms with E-state index in [1.54, 1.807) is 22.3 Å². The van der Waals surface area contributed by atoms with Crippen LogP contribution in [0.1, 0.15) is 105 Å². The summed E-state index contributed by atoms with van der Waals surface area (Å²) in [5, 5.41) is 0. The second-order valence-corrected chi connectivity index (χ2v) is 19.2. The number of rotatable bonds is 3. The Hall–Kier alpha value is -4.88. The standard InChI is InChI=1S/C54H49N/c1-52(2)45-16-6-3-12-39(45)42-22-20-38(32-49(42)52)55(37-21-23-47-44(31-37)41-14-4-7-17-46(41)53(47)24-9-10-25-53)50-19-11-15-43-40-13-5-8-18-48(40)54(51(43)50)35-27-33-26-34(29-35)30-36(54)28-33/h3-8,11-23,31-36H,9-10,24-30H2,1-2H3. The zero-order valence-electron chi connectivity index (χ0n) is 32.2. The molecule has 6 aromatic carbocycles. The van der Waals surface area contributed by atoms with Crippen molar-refractivity contribution in [3.05, 3.63) is 161 Å². The van der Waals surface area contributed by atoms with Crippen molar-refractivity contribution in [1.82, 2.24) is 0 Å². The van der Waals surface area contributed by atoms with Gasteiger partial charge in [0.15, 0.2) is 0 Å². The molecule has 8 aliphatic rings. The summed E-state index contributed by atoms with van der Waals surface area (Å²) in [6, 6.07) is 50.6. The molecule has 0 aliphatic heterocycles. The van der Waals surface area contributed by atoms with Crippen LogP contribution in [0.15, 0.2) is 127 Å². The molecular formula is C54H49N. The van der Waals surface area contributed by atoms with Gasteiger partial charge in [-0.1, -0.05) is 124 Å². The number of hydrogen-bond donors (Lipinski definition) is 0. The van der Waals surface area contributed by atoms with Crippen molar-refractivity contribution in [3.8, 4) is 33.4 Å². The molecule has 1 nitrogen and oxygen atoms in total. The summed E-state index contributed by atoms with van der Waals surface area (Å²) in [5.41, 5.74) is 22.0. The van der Waals surface area contributed by atoms with Crippen LogP contribution in [-0.4, -0.2) is 0 Å². The van der Waals surface area contributed by atoms with E-state index in [0.717, 1.165) is 11.8 Å². The predicted octanol–water partition coefficient (Wildman–Crippen LogP) is 14.0. The van der Waals surface area contributed by atoms with E-state index in [0.29, 0.717) is 11.8 Å². The molecule has 0 heterocycles. The summed E-state index contributed by atoms with van der Waals surface area (Å²) in [4.78, 5) is 2.72. The van der Waals surface area contributed by atoms with Crippen molar-refractivity contribution in [2.45, 2.75) is 87.9 Å². The van der Waals surface area contributed by atoms with Gasteiger partial charge in [0.05, 0.1) is 5.69 Å². The first kappa shape index (κ1) is 31.3. The van der Waals surface area contributed by atoms with Crippen LogP contribution in [-0.2, 0) is 16.2 Å². The molecule has 0 aromatic heterocycles. The maximum Gasteiger partial charge on any atom is 0.0509 e. The molecule has 0 atom stereocenters. The van der Waals surface area contributed by atoms with Crippen molar-refractivity contribution < 1.29 is 0 Å².